The molecular formula is C11H16BrNS. The molecule has 1 rings (SSSR count). The summed E-state index contributed by atoms with van der Waals surface area (Å²) in [5.74, 6) is 2.20. The maximum Gasteiger partial charge on any atom is 0.0215 e. The third-order valence-electron chi connectivity index (χ3n) is 1.93. The summed E-state index contributed by atoms with van der Waals surface area (Å²) in [6.45, 7) is 2.05. The molecule has 0 heterocycles. The Balaban J connectivity index is 2.28. The van der Waals surface area contributed by atoms with E-state index in [0.717, 1.165) is 17.9 Å². The maximum atomic E-state index is 5.68. The molecule has 0 aliphatic rings. The fraction of sp³-hybridized carbons (Fsp3) is 0.455. The first-order valence-electron chi connectivity index (χ1n) is 4.77. The van der Waals surface area contributed by atoms with E-state index in [9.17, 15) is 0 Å². The van der Waals surface area contributed by atoms with Crippen LogP contribution in [-0.4, -0.2) is 11.8 Å². The summed E-state index contributed by atoms with van der Waals surface area (Å²) in [5, 5.41) is 0. The van der Waals surface area contributed by atoms with Crippen LogP contribution in [0.15, 0.2) is 28.7 Å². The Morgan fingerprint density at radius 3 is 2.79 bits per heavy atom. The van der Waals surface area contributed by atoms with Gasteiger partial charge < -0.3 is 5.73 Å². The van der Waals surface area contributed by atoms with E-state index in [0.29, 0.717) is 6.04 Å². The van der Waals surface area contributed by atoms with Crippen LogP contribution in [0, 0.1) is 0 Å². The number of halogens is 1. The molecule has 78 valence electrons. The zero-order chi connectivity index (χ0) is 10.4. The van der Waals surface area contributed by atoms with E-state index < -0.39 is 0 Å². The van der Waals surface area contributed by atoms with Gasteiger partial charge in [0.15, 0.2) is 0 Å². The highest BCUT2D eigenvalue weighted by Gasteiger charge is 1.99. The zero-order valence-electron chi connectivity index (χ0n) is 8.37. The van der Waals surface area contributed by atoms with Crippen LogP contribution in [0.25, 0.3) is 0 Å². The Bertz CT molecular complexity index is 276. The van der Waals surface area contributed by atoms with E-state index in [4.69, 9.17) is 5.73 Å². The van der Waals surface area contributed by atoms with Crippen molar-refractivity contribution < 1.29 is 0 Å². The third-order valence-corrected chi connectivity index (χ3v) is 3.75. The Labute approximate surface area is 98.6 Å². The van der Waals surface area contributed by atoms with Gasteiger partial charge in [-0.3, -0.25) is 0 Å². The van der Waals surface area contributed by atoms with Crippen LogP contribution >= 0.6 is 27.7 Å². The number of rotatable bonds is 5. The highest BCUT2D eigenvalue weighted by atomic mass is 79.9. The van der Waals surface area contributed by atoms with Crippen molar-refractivity contribution in [2.45, 2.75) is 25.1 Å². The van der Waals surface area contributed by atoms with E-state index in [1.807, 2.05) is 17.8 Å². The molecule has 1 unspecified atom stereocenters. The van der Waals surface area contributed by atoms with E-state index in [2.05, 4.69) is 41.1 Å². The fourth-order valence-electron chi connectivity index (χ4n) is 1.07. The molecule has 0 bridgehead atoms. The summed E-state index contributed by atoms with van der Waals surface area (Å²) in [6, 6.07) is 8.68. The predicted molar refractivity (Wildman–Crippen MR) is 68.6 cm³/mol. The molecule has 1 nitrogen and oxygen atoms in total. The largest absolute Gasteiger partial charge is 0.328 e. The second-order valence-electron chi connectivity index (χ2n) is 3.41. The van der Waals surface area contributed by atoms with Crippen LogP contribution in [0.5, 0.6) is 0 Å². The standard InChI is InChI=1S/C11H16BrNS/c1-9(13)6-7-14-8-10-4-2-3-5-11(10)12/h2-5,9H,6-8,13H2,1H3. The molecule has 0 fully saturated rings. The van der Waals surface area contributed by atoms with Gasteiger partial charge in [0.1, 0.15) is 0 Å². The third kappa shape index (κ3) is 4.49. The van der Waals surface area contributed by atoms with Crippen LogP contribution < -0.4 is 5.73 Å². The first-order chi connectivity index (χ1) is 6.70. The zero-order valence-corrected chi connectivity index (χ0v) is 10.8. The van der Waals surface area contributed by atoms with Crippen molar-refractivity contribution >= 4 is 27.7 Å². The average molecular weight is 274 g/mol. The van der Waals surface area contributed by atoms with Gasteiger partial charge in [0.25, 0.3) is 0 Å². The van der Waals surface area contributed by atoms with E-state index in [1.54, 1.807) is 0 Å². The van der Waals surface area contributed by atoms with Gasteiger partial charge in [-0.1, -0.05) is 34.1 Å². The summed E-state index contributed by atoms with van der Waals surface area (Å²) in [5.41, 5.74) is 7.04. The lowest BCUT2D eigenvalue weighted by atomic mass is 10.2. The maximum absolute atomic E-state index is 5.68. The van der Waals surface area contributed by atoms with Gasteiger partial charge in [-0.05, 0) is 30.7 Å². The van der Waals surface area contributed by atoms with Gasteiger partial charge >= 0.3 is 0 Å². The molecule has 0 aliphatic heterocycles. The molecule has 0 aromatic heterocycles. The SMILES string of the molecule is CC(N)CCSCc1ccccc1Br. The van der Waals surface area contributed by atoms with Crippen LogP contribution in [0.2, 0.25) is 0 Å². The molecule has 0 aliphatic carbocycles. The Hall–Kier alpha value is 0.01000. The summed E-state index contributed by atoms with van der Waals surface area (Å²) >= 11 is 5.48. The molecule has 14 heavy (non-hydrogen) atoms. The van der Waals surface area contributed by atoms with Crippen molar-refractivity contribution in [2.24, 2.45) is 5.73 Å². The predicted octanol–water partition coefficient (Wildman–Crippen LogP) is 3.42. The lowest BCUT2D eigenvalue weighted by Crippen LogP contribution is -2.15. The van der Waals surface area contributed by atoms with Gasteiger partial charge in [0.05, 0.1) is 0 Å². The number of benzene rings is 1. The molecule has 2 N–H and O–H groups in total. The smallest absolute Gasteiger partial charge is 0.0215 e. The molecule has 1 aromatic carbocycles. The van der Waals surface area contributed by atoms with Gasteiger partial charge in [-0.25, -0.2) is 0 Å². The van der Waals surface area contributed by atoms with Gasteiger partial charge in [0, 0.05) is 16.3 Å². The molecule has 0 radical (unpaired) electrons. The van der Waals surface area contributed by atoms with Crippen molar-refractivity contribution in [3.8, 4) is 0 Å². The lowest BCUT2D eigenvalue weighted by Gasteiger charge is -2.05. The molecular weight excluding hydrogens is 258 g/mol. The Morgan fingerprint density at radius 2 is 2.14 bits per heavy atom. The average Bonchev–Trinajstić information content (AvgIpc) is 2.15. The quantitative estimate of drug-likeness (QED) is 0.833. The number of hydrogen-bond acceptors (Lipinski definition) is 2. The summed E-state index contributed by atoms with van der Waals surface area (Å²) in [6.07, 6.45) is 1.09. The summed E-state index contributed by atoms with van der Waals surface area (Å²) in [7, 11) is 0. The minimum absolute atomic E-state index is 0.321. The molecule has 0 spiro atoms. The van der Waals surface area contributed by atoms with Crippen LogP contribution in [0.3, 0.4) is 0 Å². The second-order valence-corrected chi connectivity index (χ2v) is 5.37. The molecule has 0 saturated carbocycles. The Kier molecular flexibility index (Phi) is 5.60. The minimum atomic E-state index is 0.321. The Morgan fingerprint density at radius 1 is 1.43 bits per heavy atom. The van der Waals surface area contributed by atoms with Crippen LogP contribution in [0.1, 0.15) is 18.9 Å². The minimum Gasteiger partial charge on any atom is -0.328 e. The highest BCUT2D eigenvalue weighted by molar-refractivity contribution is 9.10. The highest BCUT2D eigenvalue weighted by Crippen LogP contribution is 2.21. The van der Waals surface area contributed by atoms with Crippen LogP contribution in [-0.2, 0) is 5.75 Å². The first kappa shape index (κ1) is 12.1. The van der Waals surface area contributed by atoms with Crippen molar-refractivity contribution in [1.82, 2.24) is 0 Å². The van der Waals surface area contributed by atoms with Gasteiger partial charge in [-0.15, -0.1) is 0 Å². The van der Waals surface area contributed by atoms with Crippen molar-refractivity contribution in [2.75, 3.05) is 5.75 Å². The van der Waals surface area contributed by atoms with Gasteiger partial charge in [-0.2, -0.15) is 11.8 Å². The van der Waals surface area contributed by atoms with Crippen LogP contribution in [0.4, 0.5) is 0 Å². The summed E-state index contributed by atoms with van der Waals surface area (Å²) < 4.78 is 1.20. The van der Waals surface area contributed by atoms with Gasteiger partial charge in [0.2, 0.25) is 0 Å². The van der Waals surface area contributed by atoms with Crippen molar-refractivity contribution in [3.63, 3.8) is 0 Å². The molecule has 0 amide bonds. The first-order valence-corrected chi connectivity index (χ1v) is 6.71. The summed E-state index contributed by atoms with van der Waals surface area (Å²) in [4.78, 5) is 0. The molecule has 1 atom stereocenters. The molecule has 3 heteroatoms. The molecule has 1 aromatic rings. The van der Waals surface area contributed by atoms with E-state index >= 15 is 0 Å². The van der Waals surface area contributed by atoms with Crippen molar-refractivity contribution in [1.29, 1.82) is 0 Å². The topological polar surface area (TPSA) is 26.0 Å². The number of hydrogen-bond donors (Lipinski definition) is 1. The monoisotopic (exact) mass is 273 g/mol. The normalized spacial score (nSPS) is 12.8. The molecule has 0 saturated heterocycles. The number of nitrogens with two attached hydrogens (primary N) is 1. The number of thioether (sulfide) groups is 1. The fourth-order valence-corrected chi connectivity index (χ4v) is 2.83. The van der Waals surface area contributed by atoms with Crippen molar-refractivity contribution in [3.05, 3.63) is 34.3 Å². The second kappa shape index (κ2) is 6.49. The lowest BCUT2D eigenvalue weighted by molar-refractivity contribution is 0.721. The van der Waals surface area contributed by atoms with E-state index in [1.165, 1.54) is 10.0 Å². The van der Waals surface area contributed by atoms with E-state index in [-0.39, 0.29) is 0 Å².